The van der Waals surface area contributed by atoms with Crippen LogP contribution in [0.1, 0.15) is 0 Å². The third-order valence-corrected chi connectivity index (χ3v) is 11.0. The van der Waals surface area contributed by atoms with Gasteiger partial charge in [0.15, 0.2) is 0 Å². The Labute approximate surface area is 222 Å². The Balaban J connectivity index is 0. The second-order valence-electron chi connectivity index (χ2n) is 8.97. The summed E-state index contributed by atoms with van der Waals surface area (Å²) in [6, 6.07) is 32.9. The maximum absolute atomic E-state index is 2.29. The fourth-order valence-corrected chi connectivity index (χ4v) is 9.67. The van der Waals surface area contributed by atoms with Crippen LogP contribution in [-0.4, -0.2) is 63.7 Å². The molecule has 5 heteroatoms. The van der Waals surface area contributed by atoms with E-state index in [4.69, 9.17) is 0 Å². The van der Waals surface area contributed by atoms with Crippen LogP contribution >= 0.6 is 0 Å². The van der Waals surface area contributed by atoms with Crippen LogP contribution in [0, 0.1) is 0 Å². The predicted molar refractivity (Wildman–Crippen MR) is 160 cm³/mol. The average molecular weight is 642 g/mol. The molecule has 0 atom stereocenters. The van der Waals surface area contributed by atoms with Crippen molar-refractivity contribution in [2.75, 3.05) is 0 Å². The normalized spacial score (nSPS) is 9.66. The van der Waals surface area contributed by atoms with Crippen molar-refractivity contribution in [3.8, 4) is 0 Å². The van der Waals surface area contributed by atoms with Crippen molar-refractivity contribution in [1.82, 2.24) is 0 Å². The van der Waals surface area contributed by atoms with Crippen LogP contribution in [0.4, 0.5) is 0 Å². The second kappa shape index (κ2) is 21.2. The molecule has 0 aliphatic rings. The third-order valence-electron chi connectivity index (χ3n) is 3.19. The Morgan fingerprint density at radius 1 is 0.375 bits per heavy atom. The molecule has 0 saturated heterocycles. The van der Waals surface area contributed by atoms with Crippen molar-refractivity contribution < 1.29 is 0 Å². The number of hydrogen-bond acceptors (Lipinski definition) is 0. The zero-order chi connectivity index (χ0) is 23.6. The Bertz CT molecular complexity index is 650. The maximum atomic E-state index is 2.29. The molecule has 0 aliphatic heterocycles. The molecule has 0 spiro atoms. The summed E-state index contributed by atoms with van der Waals surface area (Å²) in [7, 11) is 0.361. The van der Waals surface area contributed by atoms with Crippen molar-refractivity contribution in [3.05, 3.63) is 91.0 Å². The van der Waals surface area contributed by atoms with E-state index in [9.17, 15) is 0 Å². The molecule has 3 aromatic carbocycles. The molecule has 170 valence electrons. The summed E-state index contributed by atoms with van der Waals surface area (Å²) in [5.41, 5.74) is 0. The van der Waals surface area contributed by atoms with Gasteiger partial charge in [-0.3, -0.25) is 0 Å². The van der Waals surface area contributed by atoms with E-state index >= 15 is 0 Å². The molecule has 0 nitrogen and oxygen atoms in total. The van der Waals surface area contributed by atoms with E-state index in [1.54, 1.807) is 0 Å². The molecule has 3 rings (SSSR count). The standard InChI is InChI=1S/3C6H5.3C3H9Si.Ge.Sn/c3*1-2-4-6-5-3-1;3*1-4(2)3;;/h3*1-5H;3*1-3H3;;. The van der Waals surface area contributed by atoms with Gasteiger partial charge >= 0.3 is 121 Å². The van der Waals surface area contributed by atoms with E-state index in [0.717, 1.165) is 0 Å². The second-order valence-corrected chi connectivity index (χ2v) is 25.1. The van der Waals surface area contributed by atoms with Crippen LogP contribution in [-0.2, 0) is 0 Å². The Morgan fingerprint density at radius 3 is 0.688 bits per heavy atom. The quantitative estimate of drug-likeness (QED) is 0.311. The first kappa shape index (κ1) is 33.8. The summed E-state index contributed by atoms with van der Waals surface area (Å²) in [5.74, 6) is 0. The van der Waals surface area contributed by atoms with Crippen LogP contribution in [0.5, 0.6) is 0 Å². The molecule has 0 saturated carbocycles. The van der Waals surface area contributed by atoms with Crippen molar-refractivity contribution in [3.63, 3.8) is 0 Å². The van der Waals surface area contributed by atoms with Gasteiger partial charge in [0, 0.05) is 44.0 Å². The van der Waals surface area contributed by atoms with Gasteiger partial charge < -0.3 is 0 Å². The van der Waals surface area contributed by atoms with E-state index in [1.165, 1.54) is 10.7 Å². The summed E-state index contributed by atoms with van der Waals surface area (Å²) < 4.78 is 4.59. The van der Waals surface area contributed by atoms with Gasteiger partial charge in [-0.15, -0.1) is 0 Å². The number of rotatable bonds is 3. The molecule has 0 unspecified atom stereocenters. The van der Waals surface area contributed by atoms with Gasteiger partial charge in [-0.05, 0) is 0 Å². The zero-order valence-corrected chi connectivity index (χ0v) is 29.6. The van der Waals surface area contributed by atoms with Crippen LogP contribution in [0.25, 0.3) is 0 Å². The number of hydrogen-bond donors (Lipinski definition) is 0. The molecular weight excluding hydrogens is 600 g/mol. The van der Waals surface area contributed by atoms with Gasteiger partial charge in [0.25, 0.3) is 0 Å². The summed E-state index contributed by atoms with van der Waals surface area (Å²) in [6.07, 6.45) is 0. The fraction of sp³-hybridized carbons (Fsp3) is 0.333. The van der Waals surface area contributed by atoms with Gasteiger partial charge in [-0.1, -0.05) is 58.9 Å². The van der Waals surface area contributed by atoms with E-state index < -0.39 is 19.8 Å². The molecule has 0 aliphatic carbocycles. The van der Waals surface area contributed by atoms with Crippen molar-refractivity contribution in [2.45, 2.75) is 58.9 Å². The van der Waals surface area contributed by atoms with Crippen LogP contribution in [0.15, 0.2) is 91.0 Å². The first-order valence-electron chi connectivity index (χ1n) is 11.0. The summed E-state index contributed by atoms with van der Waals surface area (Å²) in [5, 5.41) is 0. The molecule has 0 aromatic heterocycles. The molecule has 0 fully saturated rings. The van der Waals surface area contributed by atoms with Crippen LogP contribution < -0.4 is 10.7 Å². The van der Waals surface area contributed by atoms with Crippen molar-refractivity contribution in [2.24, 2.45) is 0 Å². The van der Waals surface area contributed by atoms with Gasteiger partial charge in [-0.2, -0.15) is 0 Å². The van der Waals surface area contributed by atoms with Crippen molar-refractivity contribution in [1.29, 1.82) is 0 Å². The third kappa shape index (κ3) is 19.2. The summed E-state index contributed by atoms with van der Waals surface area (Å²) >= 11 is -1.98. The van der Waals surface area contributed by atoms with E-state index in [-0.39, 0.29) is 44.0 Å². The van der Waals surface area contributed by atoms with Gasteiger partial charge in [-0.25, -0.2) is 0 Å². The van der Waals surface area contributed by atoms with E-state index in [0.29, 0.717) is 0 Å². The molecule has 8 radical (unpaired) electrons. The zero-order valence-electron chi connectivity index (χ0n) is 21.7. The first-order valence-corrected chi connectivity index (χ1v) is 24.3. The monoisotopic (exact) mass is 644 g/mol. The minimum atomic E-state index is -1.98. The minimum absolute atomic E-state index is 0. The molecular formula is C27H42GeSi3Sn. The summed E-state index contributed by atoms with van der Waals surface area (Å²) in [4.78, 5) is 0. The van der Waals surface area contributed by atoms with Gasteiger partial charge in [0.2, 0.25) is 0 Å². The van der Waals surface area contributed by atoms with E-state index in [2.05, 4.69) is 150 Å². The predicted octanol–water partition coefficient (Wildman–Crippen LogP) is 5.93. The van der Waals surface area contributed by atoms with Gasteiger partial charge in [0.1, 0.15) is 0 Å². The topological polar surface area (TPSA) is 0 Å². The average Bonchev–Trinajstić information content (AvgIpc) is 2.69. The SMILES string of the molecule is C[Si](C)C.C[Si](C)C.C[Si](C)C.[Ge].c1cc[c]([Sn]([c]2ccccc2)[c]2ccccc2)cc1. The van der Waals surface area contributed by atoms with Gasteiger partial charge in [0.05, 0.1) is 0 Å². The van der Waals surface area contributed by atoms with Crippen LogP contribution in [0.3, 0.4) is 0 Å². The molecule has 0 amide bonds. The van der Waals surface area contributed by atoms with E-state index in [1.807, 2.05) is 0 Å². The molecule has 0 bridgehead atoms. The molecule has 0 N–H and O–H groups in total. The molecule has 3 aromatic rings. The molecule has 0 heterocycles. The fourth-order valence-electron chi connectivity index (χ4n) is 2.31. The van der Waals surface area contributed by atoms with Crippen molar-refractivity contribution >= 4 is 74.5 Å². The first-order chi connectivity index (χ1) is 14.6. The Kier molecular flexibility index (Phi) is 22.4. The summed E-state index contributed by atoms with van der Waals surface area (Å²) in [6.45, 7) is 20.4. The van der Waals surface area contributed by atoms with Crippen LogP contribution in [0.2, 0.25) is 58.9 Å². The number of benzene rings is 3. The molecule has 32 heavy (non-hydrogen) atoms. The Morgan fingerprint density at radius 2 is 0.531 bits per heavy atom. The Hall–Kier alpha value is -0.348.